The number of pyridine rings is 1. The molecule has 0 saturated carbocycles. The number of tetrazole rings is 1. The van der Waals surface area contributed by atoms with Crippen molar-refractivity contribution in [2.75, 3.05) is 6.54 Å². The van der Waals surface area contributed by atoms with Crippen LogP contribution in [0.1, 0.15) is 38.9 Å². The highest BCUT2D eigenvalue weighted by Gasteiger charge is 2.44. The van der Waals surface area contributed by atoms with Crippen LogP contribution in [0, 0.1) is 5.82 Å². The van der Waals surface area contributed by atoms with Gasteiger partial charge in [0.05, 0.1) is 10.7 Å². The molecular weight excluding hydrogens is 483 g/mol. The van der Waals surface area contributed by atoms with E-state index in [9.17, 15) is 19.1 Å². The second-order valence-corrected chi connectivity index (χ2v) is 9.34. The number of carboxylic acids is 1. The smallest absolute Gasteiger partial charge is 0.411 e. The second kappa shape index (κ2) is 9.45. The lowest BCUT2D eigenvalue weighted by atomic mass is 10.0. The molecule has 4 rings (SSSR count). The number of likely N-dealkylation sites (tertiary alicyclic amines) is 1. The molecule has 184 valence electrons. The number of rotatable bonds is 5. The first kappa shape index (κ1) is 24.3. The van der Waals surface area contributed by atoms with Crippen molar-refractivity contribution < 1.29 is 28.6 Å². The summed E-state index contributed by atoms with van der Waals surface area (Å²) >= 11 is 5.71. The van der Waals surface area contributed by atoms with Crippen LogP contribution in [-0.4, -0.2) is 65.4 Å². The number of amides is 1. The zero-order chi connectivity index (χ0) is 25.3. The lowest BCUT2D eigenvalue weighted by molar-refractivity contribution is -0.142. The van der Waals surface area contributed by atoms with Gasteiger partial charge in [0.15, 0.2) is 11.6 Å². The molecule has 1 aliphatic rings. The standard InChI is InChI=1S/C22H22ClFN6O5/c1-22(2,3)35-21(33)29-11-12(8-17(29)20(31)32)18-26-27-28-30(18)14-4-6-15(7-5-14)34-19-16(24)9-13(23)10-25-19/h4-7,9-10,12,17H,8,11H2,1-3H3,(H,31,32)/t12-,17-/m0/s1. The van der Waals surface area contributed by atoms with E-state index in [1.807, 2.05) is 0 Å². The topological polar surface area (TPSA) is 133 Å². The summed E-state index contributed by atoms with van der Waals surface area (Å²) in [6, 6.07) is 6.49. The van der Waals surface area contributed by atoms with Gasteiger partial charge in [-0.1, -0.05) is 11.6 Å². The lowest BCUT2D eigenvalue weighted by Gasteiger charge is -2.26. The van der Waals surface area contributed by atoms with Gasteiger partial charge in [-0.3, -0.25) is 4.90 Å². The minimum atomic E-state index is -1.14. The molecular formula is C22H22ClFN6O5. The molecule has 1 fully saturated rings. The van der Waals surface area contributed by atoms with Crippen molar-refractivity contribution in [1.82, 2.24) is 30.1 Å². The first-order valence-electron chi connectivity index (χ1n) is 10.6. The number of aliphatic carboxylic acids is 1. The van der Waals surface area contributed by atoms with Gasteiger partial charge in [0.1, 0.15) is 17.4 Å². The lowest BCUT2D eigenvalue weighted by Crippen LogP contribution is -2.43. The molecule has 13 heteroatoms. The predicted octanol–water partition coefficient (Wildman–Crippen LogP) is 3.82. The minimum Gasteiger partial charge on any atom is -0.480 e. The van der Waals surface area contributed by atoms with Gasteiger partial charge in [-0.2, -0.15) is 4.68 Å². The van der Waals surface area contributed by atoms with E-state index in [4.69, 9.17) is 21.1 Å². The van der Waals surface area contributed by atoms with Gasteiger partial charge in [0.25, 0.3) is 5.88 Å². The number of halogens is 2. The summed E-state index contributed by atoms with van der Waals surface area (Å²) in [4.78, 5) is 29.4. The molecule has 1 saturated heterocycles. The van der Waals surface area contributed by atoms with Crippen LogP contribution in [0.2, 0.25) is 5.02 Å². The third-order valence-corrected chi connectivity index (χ3v) is 5.35. The van der Waals surface area contributed by atoms with E-state index >= 15 is 0 Å². The summed E-state index contributed by atoms with van der Waals surface area (Å²) in [5, 5.41) is 21.6. The van der Waals surface area contributed by atoms with Crippen LogP contribution in [0.25, 0.3) is 5.69 Å². The van der Waals surface area contributed by atoms with Crippen molar-refractivity contribution in [2.24, 2.45) is 0 Å². The average Bonchev–Trinajstić information content (AvgIpc) is 3.42. The molecule has 3 heterocycles. The third-order valence-electron chi connectivity index (χ3n) is 5.14. The van der Waals surface area contributed by atoms with Crippen LogP contribution in [0.3, 0.4) is 0 Å². The fourth-order valence-electron chi connectivity index (χ4n) is 3.66. The molecule has 2 aromatic heterocycles. The van der Waals surface area contributed by atoms with Crippen molar-refractivity contribution >= 4 is 23.7 Å². The molecule has 0 unspecified atom stereocenters. The molecule has 0 radical (unpaired) electrons. The summed E-state index contributed by atoms with van der Waals surface area (Å²) in [6.07, 6.45) is 0.683. The minimum absolute atomic E-state index is 0.0783. The first-order valence-corrected chi connectivity index (χ1v) is 11.0. The zero-order valence-electron chi connectivity index (χ0n) is 19.1. The number of carbonyl (C=O) groups excluding carboxylic acids is 1. The van der Waals surface area contributed by atoms with Gasteiger partial charge < -0.3 is 14.6 Å². The van der Waals surface area contributed by atoms with Crippen LogP contribution in [0.4, 0.5) is 9.18 Å². The van der Waals surface area contributed by atoms with E-state index in [-0.39, 0.29) is 23.9 Å². The Morgan fingerprint density at radius 2 is 1.94 bits per heavy atom. The second-order valence-electron chi connectivity index (χ2n) is 8.90. The van der Waals surface area contributed by atoms with Gasteiger partial charge >= 0.3 is 12.1 Å². The highest BCUT2D eigenvalue weighted by atomic mass is 35.5. The molecule has 1 amide bonds. The van der Waals surface area contributed by atoms with Gasteiger partial charge in [-0.25, -0.2) is 19.0 Å². The van der Waals surface area contributed by atoms with Crippen LogP contribution in [0.5, 0.6) is 11.6 Å². The maximum absolute atomic E-state index is 14.0. The number of nitrogens with zero attached hydrogens (tertiary/aromatic N) is 6. The van der Waals surface area contributed by atoms with Crippen molar-refractivity contribution in [2.45, 2.75) is 44.8 Å². The molecule has 0 spiro atoms. The van der Waals surface area contributed by atoms with E-state index in [0.717, 1.165) is 6.07 Å². The fraction of sp³-hybridized carbons (Fsp3) is 0.364. The Balaban J connectivity index is 1.53. The monoisotopic (exact) mass is 504 g/mol. The maximum atomic E-state index is 14.0. The van der Waals surface area contributed by atoms with Gasteiger partial charge in [-0.15, -0.1) is 5.10 Å². The Morgan fingerprint density at radius 1 is 1.23 bits per heavy atom. The number of hydrogen-bond donors (Lipinski definition) is 1. The highest BCUT2D eigenvalue weighted by Crippen LogP contribution is 2.33. The van der Waals surface area contributed by atoms with E-state index < -0.39 is 35.4 Å². The quantitative estimate of drug-likeness (QED) is 0.550. The fourth-order valence-corrected chi connectivity index (χ4v) is 3.80. The van der Waals surface area contributed by atoms with E-state index in [1.54, 1.807) is 45.0 Å². The van der Waals surface area contributed by atoms with Gasteiger partial charge in [0, 0.05) is 18.7 Å². The number of carboxylic acid groups (broad SMARTS) is 1. The van der Waals surface area contributed by atoms with E-state index in [1.165, 1.54) is 15.8 Å². The molecule has 1 aromatic carbocycles. The predicted molar refractivity (Wildman–Crippen MR) is 120 cm³/mol. The van der Waals surface area contributed by atoms with Gasteiger partial charge in [0.2, 0.25) is 0 Å². The number of aromatic nitrogens is 5. The Bertz CT molecular complexity index is 1250. The summed E-state index contributed by atoms with van der Waals surface area (Å²) in [6.45, 7) is 5.20. The van der Waals surface area contributed by atoms with Gasteiger partial charge in [-0.05, 0) is 68.0 Å². The Labute approximate surface area is 204 Å². The first-order chi connectivity index (χ1) is 16.5. The largest absolute Gasteiger partial charge is 0.480 e. The SMILES string of the molecule is CC(C)(C)OC(=O)N1C[C@@H](c2nnnn2-c2ccc(Oc3ncc(Cl)cc3F)cc2)C[C@H]1C(=O)O. The molecule has 3 aromatic rings. The zero-order valence-corrected chi connectivity index (χ0v) is 19.8. The van der Waals surface area contributed by atoms with E-state index in [2.05, 4.69) is 20.5 Å². The van der Waals surface area contributed by atoms with Crippen LogP contribution < -0.4 is 4.74 Å². The number of benzene rings is 1. The van der Waals surface area contributed by atoms with Crippen molar-refractivity contribution in [1.29, 1.82) is 0 Å². The Kier molecular flexibility index (Phi) is 6.57. The third kappa shape index (κ3) is 5.48. The summed E-state index contributed by atoms with van der Waals surface area (Å²) < 4.78 is 26.2. The van der Waals surface area contributed by atoms with Crippen molar-refractivity contribution in [3.05, 3.63) is 53.2 Å². The van der Waals surface area contributed by atoms with Crippen LogP contribution in [0.15, 0.2) is 36.5 Å². The van der Waals surface area contributed by atoms with E-state index in [0.29, 0.717) is 17.3 Å². The molecule has 0 bridgehead atoms. The molecule has 0 aliphatic carbocycles. The highest BCUT2D eigenvalue weighted by molar-refractivity contribution is 6.30. The maximum Gasteiger partial charge on any atom is 0.411 e. The Hall–Kier alpha value is -3.80. The van der Waals surface area contributed by atoms with Crippen LogP contribution in [-0.2, 0) is 9.53 Å². The average molecular weight is 505 g/mol. The number of ether oxygens (including phenoxy) is 2. The summed E-state index contributed by atoms with van der Waals surface area (Å²) in [7, 11) is 0. The molecule has 1 N–H and O–H groups in total. The normalized spacial score (nSPS) is 17.9. The number of hydrogen-bond acceptors (Lipinski definition) is 8. The number of carbonyl (C=O) groups is 2. The molecule has 35 heavy (non-hydrogen) atoms. The molecule has 2 atom stereocenters. The Morgan fingerprint density at radius 3 is 2.57 bits per heavy atom. The van der Waals surface area contributed by atoms with Crippen molar-refractivity contribution in [3.8, 4) is 17.3 Å². The van der Waals surface area contributed by atoms with Crippen molar-refractivity contribution in [3.63, 3.8) is 0 Å². The summed E-state index contributed by atoms with van der Waals surface area (Å²) in [5.41, 5.74) is -0.210. The van der Waals surface area contributed by atoms with Crippen LogP contribution >= 0.6 is 11.6 Å². The molecule has 11 nitrogen and oxygen atoms in total. The molecule has 1 aliphatic heterocycles. The summed E-state index contributed by atoms with van der Waals surface area (Å²) in [5.74, 6) is -1.79.